The average Bonchev–Trinajstić information content (AvgIpc) is 2.69. The maximum Gasteiger partial charge on any atom is 0.494 e. The van der Waals surface area contributed by atoms with Crippen LogP contribution in [0.3, 0.4) is 0 Å². The summed E-state index contributed by atoms with van der Waals surface area (Å²) in [5.41, 5.74) is 5.56. The molecule has 0 unspecified atom stereocenters. The maximum absolute atomic E-state index is 6.64. The van der Waals surface area contributed by atoms with Crippen LogP contribution in [0.4, 0.5) is 0 Å². The molecular weight excluding hydrogens is 355 g/mol. The highest BCUT2D eigenvalue weighted by Gasteiger charge is 2.48. The quantitative estimate of drug-likeness (QED) is 0.442. The van der Waals surface area contributed by atoms with E-state index in [1.165, 1.54) is 16.7 Å². The highest BCUT2D eigenvalue weighted by atomic mass is 16.6. The summed E-state index contributed by atoms with van der Waals surface area (Å²) < 4.78 is 13.1. The van der Waals surface area contributed by atoms with Crippen LogP contribution in [0.15, 0.2) is 67.3 Å². The monoisotopic (exact) mass is 388 g/mol. The third-order valence-corrected chi connectivity index (χ3v) is 5.86. The lowest BCUT2D eigenvalue weighted by molar-refractivity contribution is -0.0687. The van der Waals surface area contributed by atoms with E-state index in [4.69, 9.17) is 9.31 Å². The van der Waals surface area contributed by atoms with Gasteiger partial charge < -0.3 is 9.31 Å². The van der Waals surface area contributed by atoms with E-state index in [1.807, 2.05) is 25.1 Å². The zero-order chi connectivity index (χ0) is 21.2. The molecule has 1 saturated heterocycles. The molecule has 152 valence electrons. The van der Waals surface area contributed by atoms with E-state index in [2.05, 4.69) is 83.7 Å². The molecule has 0 spiro atoms. The fourth-order valence-electron chi connectivity index (χ4n) is 4.03. The van der Waals surface area contributed by atoms with E-state index >= 15 is 0 Å². The fraction of sp³-hybridized carbons (Fsp3) is 0.385. The molecule has 0 N–H and O–H groups in total. The Labute approximate surface area is 176 Å². The highest BCUT2D eigenvalue weighted by molar-refractivity contribution is 6.61. The van der Waals surface area contributed by atoms with E-state index in [-0.39, 0.29) is 17.6 Å². The Kier molecular flexibility index (Phi) is 6.50. The van der Waals surface area contributed by atoms with Gasteiger partial charge in [0, 0.05) is 5.41 Å². The molecule has 1 aliphatic heterocycles. The molecule has 0 radical (unpaired) electrons. The molecule has 2 aromatic carbocycles. The Morgan fingerprint density at radius 3 is 2.38 bits per heavy atom. The lowest BCUT2D eigenvalue weighted by Crippen LogP contribution is -2.53. The largest absolute Gasteiger partial charge is 0.494 e. The number of allylic oxidation sites excluding steroid dienone is 2. The third kappa shape index (κ3) is 4.41. The van der Waals surface area contributed by atoms with Gasteiger partial charge in [0.1, 0.15) is 0 Å². The van der Waals surface area contributed by atoms with Gasteiger partial charge in [0.2, 0.25) is 0 Å². The van der Waals surface area contributed by atoms with Crippen molar-refractivity contribution in [3.63, 3.8) is 0 Å². The minimum atomic E-state index is -0.404. The zero-order valence-corrected chi connectivity index (χ0v) is 18.6. The van der Waals surface area contributed by atoms with Gasteiger partial charge in [-0.3, -0.25) is 0 Å². The first-order valence-corrected chi connectivity index (χ1v) is 10.5. The Bertz CT molecular complexity index is 883. The normalized spacial score (nSPS) is 21.7. The average molecular weight is 388 g/mol. The topological polar surface area (TPSA) is 18.5 Å². The predicted molar refractivity (Wildman–Crippen MR) is 124 cm³/mol. The fourth-order valence-corrected chi connectivity index (χ4v) is 4.03. The van der Waals surface area contributed by atoms with E-state index in [9.17, 15) is 0 Å². The van der Waals surface area contributed by atoms with Crippen LogP contribution >= 0.6 is 0 Å². The molecule has 3 rings (SSSR count). The summed E-state index contributed by atoms with van der Waals surface area (Å²) in [4.78, 5) is 0. The molecule has 2 atom stereocenters. The first-order valence-electron chi connectivity index (χ1n) is 10.5. The smallest absolute Gasteiger partial charge is 0.400 e. The van der Waals surface area contributed by atoms with Crippen LogP contribution in [-0.4, -0.2) is 13.2 Å². The van der Waals surface area contributed by atoms with Crippen LogP contribution in [0, 0.1) is 5.41 Å². The van der Waals surface area contributed by atoms with Crippen LogP contribution in [0.1, 0.15) is 70.3 Å². The molecular formula is C26H33BO2. The summed E-state index contributed by atoms with van der Waals surface area (Å²) in [5, 5.41) is 0. The second kappa shape index (κ2) is 8.73. The van der Waals surface area contributed by atoms with E-state index in [0.29, 0.717) is 5.92 Å². The zero-order valence-electron chi connectivity index (χ0n) is 18.6. The van der Waals surface area contributed by atoms with Gasteiger partial charge in [-0.15, -0.1) is 0 Å². The summed E-state index contributed by atoms with van der Waals surface area (Å²) in [6, 6.07) is 16.9. The van der Waals surface area contributed by atoms with E-state index < -0.39 is 7.12 Å². The van der Waals surface area contributed by atoms with Crippen molar-refractivity contribution < 1.29 is 9.31 Å². The Morgan fingerprint density at radius 1 is 1.10 bits per heavy atom. The minimum absolute atomic E-state index is 0.0563. The molecule has 0 saturated carbocycles. The van der Waals surface area contributed by atoms with Crippen molar-refractivity contribution in [3.8, 4) is 0 Å². The number of hydrogen-bond donors (Lipinski definition) is 0. The Balaban J connectivity index is 2.10. The molecule has 2 aromatic rings. The van der Waals surface area contributed by atoms with E-state index in [0.717, 1.165) is 11.0 Å². The minimum Gasteiger partial charge on any atom is -0.400 e. The Hall–Kier alpha value is -2.10. The van der Waals surface area contributed by atoms with Crippen molar-refractivity contribution in [2.75, 3.05) is 0 Å². The molecule has 29 heavy (non-hydrogen) atoms. The van der Waals surface area contributed by atoms with Gasteiger partial charge in [-0.1, -0.05) is 101 Å². The molecule has 0 amide bonds. The molecule has 2 nitrogen and oxygen atoms in total. The van der Waals surface area contributed by atoms with Crippen molar-refractivity contribution in [2.45, 2.75) is 59.7 Å². The van der Waals surface area contributed by atoms with Crippen LogP contribution in [0.25, 0.3) is 5.57 Å². The van der Waals surface area contributed by atoms with Crippen LogP contribution in [0.2, 0.25) is 0 Å². The summed E-state index contributed by atoms with van der Waals surface area (Å²) in [7, 11) is -0.404. The van der Waals surface area contributed by atoms with Crippen molar-refractivity contribution in [2.24, 2.45) is 5.41 Å². The van der Waals surface area contributed by atoms with Gasteiger partial charge in [0.15, 0.2) is 0 Å². The molecule has 0 aromatic heterocycles. The van der Waals surface area contributed by atoms with Gasteiger partial charge in [-0.2, -0.15) is 0 Å². The SMILES string of the molecule is C=C(C)c1cc(C(C)C)ccc1[C@H]1OB(c2ccccc2)O[C@@H](/C=C/C)C1(C)C. The number of hydrogen-bond acceptors (Lipinski definition) is 2. The van der Waals surface area contributed by atoms with Crippen molar-refractivity contribution in [1.82, 2.24) is 0 Å². The first kappa shape index (κ1) is 21.6. The standard InChI is InChI=1S/C26H33BO2/c1-8-12-24-26(6,7)25(29-27(28-24)21-13-10-9-11-14-21)22-16-15-20(18(2)3)17-23(22)19(4)5/h8-18,24-25H,4H2,1-3,5-7H3/b12-8+/t24-,25+/m0/s1. The molecule has 1 aliphatic rings. The highest BCUT2D eigenvalue weighted by Crippen LogP contribution is 2.47. The Morgan fingerprint density at radius 2 is 1.79 bits per heavy atom. The second-order valence-corrected chi connectivity index (χ2v) is 8.94. The summed E-state index contributed by atoms with van der Waals surface area (Å²) in [5.74, 6) is 0.471. The summed E-state index contributed by atoms with van der Waals surface area (Å²) in [6.45, 7) is 17.3. The molecule has 3 heteroatoms. The van der Waals surface area contributed by atoms with Crippen molar-refractivity contribution in [3.05, 3.63) is 84.0 Å². The molecule has 1 heterocycles. The van der Waals surface area contributed by atoms with Crippen molar-refractivity contribution in [1.29, 1.82) is 0 Å². The van der Waals surface area contributed by atoms with Gasteiger partial charge in [0.25, 0.3) is 0 Å². The molecule has 0 bridgehead atoms. The molecule has 0 aliphatic carbocycles. The van der Waals surface area contributed by atoms with Crippen LogP contribution < -0.4 is 5.46 Å². The van der Waals surface area contributed by atoms with Gasteiger partial charge >= 0.3 is 7.12 Å². The van der Waals surface area contributed by atoms with Gasteiger partial charge in [-0.05, 0) is 41.9 Å². The molecule has 1 fully saturated rings. The lowest BCUT2D eigenvalue weighted by Gasteiger charge is -2.47. The predicted octanol–water partition coefficient (Wildman–Crippen LogP) is 6.30. The summed E-state index contributed by atoms with van der Waals surface area (Å²) in [6.07, 6.45) is 4.04. The van der Waals surface area contributed by atoms with Gasteiger partial charge in [0.05, 0.1) is 12.2 Å². The number of rotatable bonds is 5. The van der Waals surface area contributed by atoms with Gasteiger partial charge in [-0.25, -0.2) is 0 Å². The van der Waals surface area contributed by atoms with Crippen LogP contribution in [0.5, 0.6) is 0 Å². The van der Waals surface area contributed by atoms with Crippen molar-refractivity contribution >= 4 is 18.2 Å². The van der Waals surface area contributed by atoms with Crippen LogP contribution in [-0.2, 0) is 9.31 Å². The summed E-state index contributed by atoms with van der Waals surface area (Å²) >= 11 is 0. The first-order chi connectivity index (χ1) is 13.8. The third-order valence-electron chi connectivity index (χ3n) is 5.86. The number of benzene rings is 2. The lowest BCUT2D eigenvalue weighted by atomic mass is 9.68. The second-order valence-electron chi connectivity index (χ2n) is 8.94. The van der Waals surface area contributed by atoms with E-state index in [1.54, 1.807) is 0 Å². The maximum atomic E-state index is 6.64.